The molecular weight excluding hydrogens is 394 g/mol. The third-order valence-corrected chi connectivity index (χ3v) is 6.38. The highest BCUT2D eigenvalue weighted by molar-refractivity contribution is 6.12. The van der Waals surface area contributed by atoms with Crippen LogP contribution in [0.4, 0.5) is 5.82 Å². The fourth-order valence-corrected chi connectivity index (χ4v) is 4.77. The maximum atomic E-state index is 9.29. The van der Waals surface area contributed by atoms with Gasteiger partial charge in [0, 0.05) is 34.9 Å². The normalized spacial score (nSPS) is 14.6. The van der Waals surface area contributed by atoms with Crippen LogP contribution in [0.1, 0.15) is 42.5 Å². The monoisotopic (exact) mass is 423 g/mol. The number of likely N-dealkylation sites (tertiary alicyclic amines) is 1. The van der Waals surface area contributed by atoms with E-state index in [0.717, 1.165) is 59.2 Å². The quantitative estimate of drug-likeness (QED) is 0.387. The summed E-state index contributed by atoms with van der Waals surface area (Å²) >= 11 is 0. The number of benzene rings is 2. The lowest BCUT2D eigenvalue weighted by atomic mass is 10.1. The molecule has 4 aromatic rings. The molecule has 0 spiro atoms. The molecule has 1 aliphatic heterocycles. The van der Waals surface area contributed by atoms with Crippen molar-refractivity contribution in [3.63, 3.8) is 0 Å². The van der Waals surface area contributed by atoms with E-state index in [2.05, 4.69) is 51.6 Å². The molecule has 0 atom stereocenters. The molecule has 32 heavy (non-hydrogen) atoms. The molecule has 0 aliphatic carbocycles. The minimum Gasteiger partial charge on any atom is -0.369 e. The summed E-state index contributed by atoms with van der Waals surface area (Å²) in [5.41, 5.74) is 4.99. The summed E-state index contributed by atoms with van der Waals surface area (Å²) in [5, 5.41) is 15.1. The minimum absolute atomic E-state index is 0.664. The van der Waals surface area contributed by atoms with Crippen LogP contribution in [0.3, 0.4) is 0 Å². The number of rotatable bonds is 7. The molecule has 2 N–H and O–H groups in total. The molecule has 5 nitrogen and oxygen atoms in total. The lowest BCUT2D eigenvalue weighted by molar-refractivity contribution is 0.228. The Hall–Kier alpha value is -3.36. The van der Waals surface area contributed by atoms with Gasteiger partial charge in [-0.3, -0.25) is 0 Å². The van der Waals surface area contributed by atoms with Gasteiger partial charge in [0.2, 0.25) is 0 Å². The van der Waals surface area contributed by atoms with E-state index in [1.165, 1.54) is 37.9 Å². The first-order valence-corrected chi connectivity index (χ1v) is 11.7. The van der Waals surface area contributed by atoms with Crippen molar-refractivity contribution in [2.75, 3.05) is 31.5 Å². The van der Waals surface area contributed by atoms with E-state index >= 15 is 0 Å². The van der Waals surface area contributed by atoms with Crippen molar-refractivity contribution in [2.24, 2.45) is 0 Å². The average molecular weight is 424 g/mol. The van der Waals surface area contributed by atoms with Gasteiger partial charge in [0.1, 0.15) is 5.82 Å². The minimum atomic E-state index is 0.664. The molecule has 2 aromatic heterocycles. The van der Waals surface area contributed by atoms with E-state index in [4.69, 9.17) is 4.98 Å². The standard InChI is InChI=1S/C27H29N5/c28-19-21-10-11-23-24(17-21)31-25-18-22(16-20-8-3-1-4-9-20)30-27(26(23)25)29-12-7-15-32-13-5-2-6-14-32/h1,3-4,8-11,17-18,31H,2,5-7,12-16H2,(H,29,30). The summed E-state index contributed by atoms with van der Waals surface area (Å²) in [6, 6.07) is 20.7. The van der Waals surface area contributed by atoms with Gasteiger partial charge in [0.25, 0.3) is 0 Å². The van der Waals surface area contributed by atoms with Gasteiger partial charge in [-0.05, 0) is 62.7 Å². The number of aromatic amines is 1. The molecule has 5 rings (SSSR count). The second-order valence-corrected chi connectivity index (χ2v) is 8.73. The number of anilines is 1. The summed E-state index contributed by atoms with van der Waals surface area (Å²) in [6.45, 7) is 4.51. The molecular formula is C27H29N5. The summed E-state index contributed by atoms with van der Waals surface area (Å²) in [6.07, 6.45) is 5.93. The van der Waals surface area contributed by atoms with Gasteiger partial charge in [-0.15, -0.1) is 0 Å². The van der Waals surface area contributed by atoms with E-state index in [0.29, 0.717) is 5.56 Å². The number of pyridine rings is 1. The second kappa shape index (κ2) is 9.42. The fourth-order valence-electron chi connectivity index (χ4n) is 4.77. The highest BCUT2D eigenvalue weighted by Crippen LogP contribution is 2.32. The third kappa shape index (κ3) is 4.46. The zero-order valence-corrected chi connectivity index (χ0v) is 18.4. The maximum absolute atomic E-state index is 9.29. The molecule has 1 saturated heterocycles. The molecule has 0 saturated carbocycles. The summed E-state index contributed by atoms with van der Waals surface area (Å²) < 4.78 is 0. The van der Waals surface area contributed by atoms with E-state index in [-0.39, 0.29) is 0 Å². The van der Waals surface area contributed by atoms with Gasteiger partial charge >= 0.3 is 0 Å². The zero-order valence-electron chi connectivity index (χ0n) is 18.4. The molecule has 2 aromatic carbocycles. The summed E-state index contributed by atoms with van der Waals surface area (Å²) in [4.78, 5) is 11.1. The van der Waals surface area contributed by atoms with Gasteiger partial charge in [0.05, 0.1) is 17.1 Å². The number of piperidine rings is 1. The zero-order chi connectivity index (χ0) is 21.8. The Morgan fingerprint density at radius 2 is 1.84 bits per heavy atom. The summed E-state index contributed by atoms with van der Waals surface area (Å²) in [5.74, 6) is 0.933. The Bertz CT molecular complexity index is 1250. The van der Waals surface area contributed by atoms with Crippen LogP contribution < -0.4 is 5.32 Å². The van der Waals surface area contributed by atoms with Crippen LogP contribution in [-0.4, -0.2) is 41.0 Å². The third-order valence-electron chi connectivity index (χ3n) is 6.38. The number of nitrogens with one attached hydrogen (secondary N) is 2. The van der Waals surface area contributed by atoms with E-state index in [9.17, 15) is 5.26 Å². The number of nitrogens with zero attached hydrogens (tertiary/aromatic N) is 3. The smallest absolute Gasteiger partial charge is 0.136 e. The molecule has 5 heteroatoms. The Balaban J connectivity index is 1.43. The first-order chi connectivity index (χ1) is 15.8. The van der Waals surface area contributed by atoms with Crippen molar-refractivity contribution in [3.05, 3.63) is 71.4 Å². The van der Waals surface area contributed by atoms with E-state index in [1.54, 1.807) is 0 Å². The Labute approximate surface area is 189 Å². The van der Waals surface area contributed by atoms with Gasteiger partial charge in [-0.25, -0.2) is 4.98 Å². The highest BCUT2D eigenvalue weighted by Gasteiger charge is 2.14. The van der Waals surface area contributed by atoms with Gasteiger partial charge in [-0.1, -0.05) is 42.8 Å². The van der Waals surface area contributed by atoms with Crippen LogP contribution in [0.25, 0.3) is 21.8 Å². The van der Waals surface area contributed by atoms with Crippen LogP contribution in [0, 0.1) is 11.3 Å². The predicted molar refractivity (Wildman–Crippen MR) is 131 cm³/mol. The number of hydrogen-bond acceptors (Lipinski definition) is 4. The lowest BCUT2D eigenvalue weighted by Gasteiger charge is -2.26. The van der Waals surface area contributed by atoms with E-state index < -0.39 is 0 Å². The van der Waals surface area contributed by atoms with Crippen molar-refractivity contribution < 1.29 is 0 Å². The van der Waals surface area contributed by atoms with Crippen molar-refractivity contribution >= 4 is 27.6 Å². The molecule has 162 valence electrons. The largest absolute Gasteiger partial charge is 0.369 e. The van der Waals surface area contributed by atoms with Crippen LogP contribution in [0.15, 0.2) is 54.6 Å². The van der Waals surface area contributed by atoms with Crippen LogP contribution >= 0.6 is 0 Å². The fraction of sp³-hybridized carbons (Fsp3) is 0.333. The SMILES string of the molecule is N#Cc1ccc2c(c1)[nH]c1cc(Cc3ccccc3)nc(NCCCN3CCCCC3)c12. The number of nitriles is 1. The van der Waals surface area contributed by atoms with Crippen molar-refractivity contribution in [1.82, 2.24) is 14.9 Å². The van der Waals surface area contributed by atoms with Crippen molar-refractivity contribution in [2.45, 2.75) is 32.1 Å². The maximum Gasteiger partial charge on any atom is 0.136 e. The van der Waals surface area contributed by atoms with Crippen LogP contribution in [0.2, 0.25) is 0 Å². The lowest BCUT2D eigenvalue weighted by Crippen LogP contribution is -2.31. The van der Waals surface area contributed by atoms with Crippen molar-refractivity contribution in [1.29, 1.82) is 5.26 Å². The number of hydrogen-bond donors (Lipinski definition) is 2. The van der Waals surface area contributed by atoms with Gasteiger partial charge in [-0.2, -0.15) is 5.26 Å². The Kier molecular flexibility index (Phi) is 6.04. The highest BCUT2D eigenvalue weighted by atomic mass is 15.1. The molecule has 1 aliphatic rings. The Morgan fingerprint density at radius 1 is 1.00 bits per heavy atom. The molecule has 0 bridgehead atoms. The topological polar surface area (TPSA) is 67.7 Å². The molecule has 3 heterocycles. The number of H-pyrrole nitrogens is 1. The first kappa shape index (κ1) is 20.5. The number of fused-ring (bicyclic) bond motifs is 3. The second-order valence-electron chi connectivity index (χ2n) is 8.73. The van der Waals surface area contributed by atoms with Gasteiger partial charge in [0.15, 0.2) is 0 Å². The van der Waals surface area contributed by atoms with Crippen LogP contribution in [-0.2, 0) is 6.42 Å². The predicted octanol–water partition coefficient (Wildman–Crippen LogP) is 5.47. The molecule has 0 unspecified atom stereocenters. The van der Waals surface area contributed by atoms with Gasteiger partial charge < -0.3 is 15.2 Å². The summed E-state index contributed by atoms with van der Waals surface area (Å²) in [7, 11) is 0. The van der Waals surface area contributed by atoms with E-state index in [1.807, 2.05) is 24.3 Å². The Morgan fingerprint density at radius 3 is 2.66 bits per heavy atom. The van der Waals surface area contributed by atoms with Crippen LogP contribution in [0.5, 0.6) is 0 Å². The molecule has 0 radical (unpaired) electrons. The molecule has 1 fully saturated rings. The molecule has 0 amide bonds. The first-order valence-electron chi connectivity index (χ1n) is 11.7. The average Bonchev–Trinajstić information content (AvgIpc) is 3.20. The number of aromatic nitrogens is 2. The van der Waals surface area contributed by atoms with Crippen molar-refractivity contribution in [3.8, 4) is 6.07 Å².